The van der Waals surface area contributed by atoms with Crippen LogP contribution in [-0.2, 0) is 16.0 Å². The lowest BCUT2D eigenvalue weighted by atomic mass is 10.1. The second kappa shape index (κ2) is 11.7. The van der Waals surface area contributed by atoms with Gasteiger partial charge in [-0.15, -0.1) is 0 Å². The fraction of sp³-hybridized carbons (Fsp3) is 0.600. The lowest BCUT2D eigenvalue weighted by molar-refractivity contribution is -0.143. The number of esters is 1. The summed E-state index contributed by atoms with van der Waals surface area (Å²) in [6.45, 7) is 7.22. The van der Waals surface area contributed by atoms with E-state index in [9.17, 15) is 9.59 Å². The van der Waals surface area contributed by atoms with Gasteiger partial charge in [-0.25, -0.2) is 0 Å². The van der Waals surface area contributed by atoms with Gasteiger partial charge < -0.3 is 10.1 Å². The first-order chi connectivity index (χ1) is 11.5. The Morgan fingerprint density at radius 1 is 1.12 bits per heavy atom. The van der Waals surface area contributed by atoms with E-state index in [2.05, 4.69) is 26.1 Å². The second-order valence-electron chi connectivity index (χ2n) is 6.56. The van der Waals surface area contributed by atoms with E-state index in [1.165, 1.54) is 5.56 Å². The third-order valence-corrected chi connectivity index (χ3v) is 3.84. The van der Waals surface area contributed by atoms with Gasteiger partial charge in [-0.1, -0.05) is 39.3 Å². The van der Waals surface area contributed by atoms with Crippen LogP contribution < -0.4 is 5.32 Å². The second-order valence-corrected chi connectivity index (χ2v) is 6.56. The summed E-state index contributed by atoms with van der Waals surface area (Å²) in [7, 11) is 0. The van der Waals surface area contributed by atoms with Crippen LogP contribution in [0.4, 0.5) is 0 Å². The lowest BCUT2D eigenvalue weighted by Crippen LogP contribution is -2.26. The van der Waals surface area contributed by atoms with Gasteiger partial charge in [0.05, 0.1) is 13.0 Å². The SMILES string of the molecule is CCCCc1ccc(C(=O)NCCC(=O)OCCCC(C)C)cc1. The third-order valence-electron chi connectivity index (χ3n) is 3.84. The first-order valence-corrected chi connectivity index (χ1v) is 9.05. The van der Waals surface area contributed by atoms with Gasteiger partial charge in [0.2, 0.25) is 0 Å². The molecule has 4 heteroatoms. The number of aryl methyl sites for hydroxylation is 1. The van der Waals surface area contributed by atoms with Crippen molar-refractivity contribution in [3.63, 3.8) is 0 Å². The van der Waals surface area contributed by atoms with Crippen molar-refractivity contribution in [1.29, 1.82) is 0 Å². The number of carbonyl (C=O) groups excluding carboxylic acids is 2. The number of rotatable bonds is 11. The first-order valence-electron chi connectivity index (χ1n) is 9.05. The van der Waals surface area contributed by atoms with Crippen LogP contribution in [-0.4, -0.2) is 25.0 Å². The lowest BCUT2D eigenvalue weighted by Gasteiger charge is -2.08. The zero-order valence-corrected chi connectivity index (χ0v) is 15.3. The highest BCUT2D eigenvalue weighted by Gasteiger charge is 2.07. The van der Waals surface area contributed by atoms with E-state index in [0.29, 0.717) is 24.6 Å². The highest BCUT2D eigenvalue weighted by atomic mass is 16.5. The molecule has 0 atom stereocenters. The predicted molar refractivity (Wildman–Crippen MR) is 97.0 cm³/mol. The van der Waals surface area contributed by atoms with E-state index in [-0.39, 0.29) is 18.3 Å². The van der Waals surface area contributed by atoms with Crippen LogP contribution in [0.25, 0.3) is 0 Å². The molecule has 0 unspecified atom stereocenters. The molecule has 0 bridgehead atoms. The number of amides is 1. The Morgan fingerprint density at radius 3 is 2.46 bits per heavy atom. The van der Waals surface area contributed by atoms with Gasteiger partial charge >= 0.3 is 5.97 Å². The van der Waals surface area contributed by atoms with Crippen LogP contribution >= 0.6 is 0 Å². The van der Waals surface area contributed by atoms with E-state index in [4.69, 9.17) is 4.74 Å². The summed E-state index contributed by atoms with van der Waals surface area (Å²) >= 11 is 0. The Hall–Kier alpha value is -1.84. The van der Waals surface area contributed by atoms with Crippen molar-refractivity contribution in [3.05, 3.63) is 35.4 Å². The van der Waals surface area contributed by atoms with E-state index < -0.39 is 0 Å². The maximum absolute atomic E-state index is 12.0. The van der Waals surface area contributed by atoms with Gasteiger partial charge in [-0.05, 0) is 49.3 Å². The summed E-state index contributed by atoms with van der Waals surface area (Å²) < 4.78 is 5.14. The van der Waals surface area contributed by atoms with Crippen molar-refractivity contribution in [3.8, 4) is 0 Å². The molecular weight excluding hydrogens is 302 g/mol. The zero-order chi connectivity index (χ0) is 17.8. The van der Waals surface area contributed by atoms with Crippen molar-refractivity contribution >= 4 is 11.9 Å². The van der Waals surface area contributed by atoms with E-state index in [1.54, 1.807) is 0 Å². The molecule has 1 aromatic rings. The molecule has 0 spiro atoms. The van der Waals surface area contributed by atoms with Gasteiger partial charge in [0.1, 0.15) is 0 Å². The van der Waals surface area contributed by atoms with Gasteiger partial charge in [0.15, 0.2) is 0 Å². The maximum Gasteiger partial charge on any atom is 0.307 e. The molecule has 24 heavy (non-hydrogen) atoms. The Morgan fingerprint density at radius 2 is 1.83 bits per heavy atom. The molecule has 0 aromatic heterocycles. The topological polar surface area (TPSA) is 55.4 Å². The van der Waals surface area contributed by atoms with Crippen LogP contribution in [0.5, 0.6) is 0 Å². The first kappa shape index (κ1) is 20.2. The van der Waals surface area contributed by atoms with Crippen molar-refractivity contribution in [2.24, 2.45) is 5.92 Å². The molecule has 0 aliphatic carbocycles. The Balaban J connectivity index is 2.22. The summed E-state index contributed by atoms with van der Waals surface area (Å²) in [4.78, 5) is 23.6. The Kier molecular flexibility index (Phi) is 9.81. The zero-order valence-electron chi connectivity index (χ0n) is 15.3. The molecule has 0 saturated heterocycles. The molecule has 1 N–H and O–H groups in total. The fourth-order valence-electron chi connectivity index (χ4n) is 2.33. The smallest absolute Gasteiger partial charge is 0.307 e. The number of ether oxygens (including phenoxy) is 1. The number of benzene rings is 1. The molecule has 0 aliphatic rings. The van der Waals surface area contributed by atoms with E-state index >= 15 is 0 Å². The van der Waals surface area contributed by atoms with Gasteiger partial charge in [0, 0.05) is 12.1 Å². The number of hydrogen-bond acceptors (Lipinski definition) is 3. The Labute approximate surface area is 146 Å². The summed E-state index contributed by atoms with van der Waals surface area (Å²) in [5, 5.41) is 2.76. The fourth-order valence-corrected chi connectivity index (χ4v) is 2.33. The minimum absolute atomic E-state index is 0.148. The molecular formula is C20H31NO3. The number of unbranched alkanes of at least 4 members (excludes halogenated alkanes) is 1. The predicted octanol–water partition coefficient (Wildman–Crippen LogP) is 4.13. The minimum Gasteiger partial charge on any atom is -0.466 e. The molecule has 0 radical (unpaired) electrons. The summed E-state index contributed by atoms with van der Waals surface area (Å²) in [6.07, 6.45) is 5.52. The quantitative estimate of drug-likeness (QED) is 0.489. The van der Waals surface area contributed by atoms with Gasteiger partial charge in [-0.2, -0.15) is 0 Å². The van der Waals surface area contributed by atoms with Crippen LogP contribution in [0.1, 0.15) is 68.8 Å². The number of carbonyl (C=O) groups is 2. The molecule has 0 aliphatic heterocycles. The molecule has 0 fully saturated rings. The summed E-state index contributed by atoms with van der Waals surface area (Å²) in [5.41, 5.74) is 1.87. The summed E-state index contributed by atoms with van der Waals surface area (Å²) in [6, 6.07) is 7.66. The molecule has 0 saturated carbocycles. The molecule has 1 rings (SSSR count). The van der Waals surface area contributed by atoms with Crippen LogP contribution in [0.2, 0.25) is 0 Å². The van der Waals surface area contributed by atoms with Gasteiger partial charge in [0.25, 0.3) is 5.91 Å². The molecule has 4 nitrogen and oxygen atoms in total. The monoisotopic (exact) mass is 333 g/mol. The molecule has 1 aromatic carbocycles. The largest absolute Gasteiger partial charge is 0.466 e. The highest BCUT2D eigenvalue weighted by molar-refractivity contribution is 5.94. The maximum atomic E-state index is 12.0. The average molecular weight is 333 g/mol. The average Bonchev–Trinajstić information content (AvgIpc) is 2.57. The van der Waals surface area contributed by atoms with Crippen LogP contribution in [0.15, 0.2) is 24.3 Å². The Bertz CT molecular complexity index is 494. The number of nitrogens with one attached hydrogen (secondary N) is 1. The van der Waals surface area contributed by atoms with Crippen LogP contribution in [0.3, 0.4) is 0 Å². The standard InChI is InChI=1S/C20H31NO3/c1-4-5-8-17-9-11-18(12-10-17)20(23)21-14-13-19(22)24-15-6-7-16(2)3/h9-12,16H,4-8,13-15H2,1-3H3,(H,21,23). The molecule has 0 heterocycles. The van der Waals surface area contributed by atoms with Crippen LogP contribution in [0, 0.1) is 5.92 Å². The van der Waals surface area contributed by atoms with Gasteiger partial charge in [-0.3, -0.25) is 9.59 Å². The molecule has 1 amide bonds. The number of hydrogen-bond donors (Lipinski definition) is 1. The van der Waals surface area contributed by atoms with E-state index in [1.807, 2.05) is 24.3 Å². The third kappa shape index (κ3) is 8.70. The van der Waals surface area contributed by atoms with Crippen molar-refractivity contribution < 1.29 is 14.3 Å². The highest BCUT2D eigenvalue weighted by Crippen LogP contribution is 2.08. The molecule has 134 valence electrons. The van der Waals surface area contributed by atoms with E-state index in [0.717, 1.165) is 32.1 Å². The van der Waals surface area contributed by atoms with Crippen molar-refractivity contribution in [2.45, 2.75) is 59.3 Å². The minimum atomic E-state index is -0.256. The van der Waals surface area contributed by atoms with Crippen molar-refractivity contribution in [2.75, 3.05) is 13.2 Å². The normalized spacial score (nSPS) is 10.7. The summed E-state index contributed by atoms with van der Waals surface area (Å²) in [5.74, 6) is 0.218. The van der Waals surface area contributed by atoms with Crippen molar-refractivity contribution in [1.82, 2.24) is 5.32 Å².